The summed E-state index contributed by atoms with van der Waals surface area (Å²) >= 11 is 7.41. The molecule has 106 valence electrons. The molecule has 1 aromatic heterocycles. The molecule has 0 bridgehead atoms. The van der Waals surface area contributed by atoms with Crippen molar-refractivity contribution in [2.24, 2.45) is 11.8 Å². The number of hydrogen-bond donors (Lipinski definition) is 1. The van der Waals surface area contributed by atoms with Crippen molar-refractivity contribution in [3.8, 4) is 0 Å². The molecule has 1 aromatic rings. The minimum absolute atomic E-state index is 0.236. The van der Waals surface area contributed by atoms with Gasteiger partial charge in [0.1, 0.15) is 9.34 Å². The van der Waals surface area contributed by atoms with Crippen molar-refractivity contribution in [3.63, 3.8) is 0 Å². The maximum atomic E-state index is 10.8. The van der Waals surface area contributed by atoms with E-state index in [0.29, 0.717) is 5.92 Å². The molecule has 1 aliphatic rings. The second-order valence-electron chi connectivity index (χ2n) is 5.27. The van der Waals surface area contributed by atoms with Crippen LogP contribution in [0.25, 0.3) is 0 Å². The Morgan fingerprint density at radius 2 is 2.53 bits per heavy atom. The average molecular weight is 303 g/mol. The number of halogens is 1. The van der Waals surface area contributed by atoms with Gasteiger partial charge in [-0.3, -0.25) is 9.69 Å². The summed E-state index contributed by atoms with van der Waals surface area (Å²) in [6.07, 6.45) is 4.22. The second kappa shape index (κ2) is 6.68. The van der Waals surface area contributed by atoms with E-state index in [2.05, 4.69) is 9.88 Å². The van der Waals surface area contributed by atoms with Gasteiger partial charge in [-0.05, 0) is 31.2 Å². The van der Waals surface area contributed by atoms with Crippen LogP contribution in [0.3, 0.4) is 0 Å². The Morgan fingerprint density at radius 1 is 1.74 bits per heavy atom. The molecule has 1 aliphatic heterocycles. The van der Waals surface area contributed by atoms with Gasteiger partial charge in [0.25, 0.3) is 0 Å². The summed E-state index contributed by atoms with van der Waals surface area (Å²) in [5.74, 6) is 0.0109. The summed E-state index contributed by atoms with van der Waals surface area (Å²) in [4.78, 5) is 17.4. The molecule has 2 unspecified atom stereocenters. The molecule has 0 aromatic carbocycles. The Kier molecular flexibility index (Phi) is 5.19. The molecule has 6 heteroatoms. The van der Waals surface area contributed by atoms with Gasteiger partial charge < -0.3 is 5.11 Å². The maximum Gasteiger partial charge on any atom is 0.303 e. The smallest absolute Gasteiger partial charge is 0.303 e. The molecule has 1 N–H and O–H groups in total. The first kappa shape index (κ1) is 14.8. The molecule has 0 radical (unpaired) electrons. The fourth-order valence-electron chi connectivity index (χ4n) is 2.69. The monoisotopic (exact) mass is 302 g/mol. The Morgan fingerprint density at radius 3 is 3.16 bits per heavy atom. The fraction of sp³-hybridized carbons (Fsp3) is 0.692. The lowest BCUT2D eigenvalue weighted by Crippen LogP contribution is -2.37. The highest BCUT2D eigenvalue weighted by atomic mass is 35.5. The standard InChI is InChI=1S/C13H19ClN2O2S/c1-9(5-13(17)18)10-3-2-4-16(7-10)8-12-15-6-11(14)19-12/h6,9-10H,2-5,7-8H2,1H3,(H,17,18). The van der Waals surface area contributed by atoms with E-state index in [4.69, 9.17) is 16.7 Å². The van der Waals surface area contributed by atoms with Crippen molar-refractivity contribution in [1.29, 1.82) is 0 Å². The Hall–Kier alpha value is -0.650. The molecule has 2 atom stereocenters. The van der Waals surface area contributed by atoms with Crippen LogP contribution in [0.4, 0.5) is 0 Å². The summed E-state index contributed by atoms with van der Waals surface area (Å²) in [7, 11) is 0. The number of likely N-dealkylation sites (tertiary alicyclic amines) is 1. The quantitative estimate of drug-likeness (QED) is 0.908. The molecule has 19 heavy (non-hydrogen) atoms. The van der Waals surface area contributed by atoms with Crippen LogP contribution >= 0.6 is 22.9 Å². The topological polar surface area (TPSA) is 53.4 Å². The van der Waals surface area contributed by atoms with Crippen molar-refractivity contribution in [2.45, 2.75) is 32.7 Å². The predicted octanol–water partition coefficient (Wildman–Crippen LogP) is 3.12. The zero-order valence-corrected chi connectivity index (χ0v) is 12.6. The maximum absolute atomic E-state index is 10.8. The third kappa shape index (κ3) is 4.44. The molecule has 0 aliphatic carbocycles. The molecule has 1 fully saturated rings. The minimum Gasteiger partial charge on any atom is -0.481 e. The molecule has 1 saturated heterocycles. The SMILES string of the molecule is CC(CC(=O)O)C1CCCN(Cc2ncc(Cl)s2)C1. The van der Waals surface area contributed by atoms with Gasteiger partial charge in [-0.1, -0.05) is 18.5 Å². The summed E-state index contributed by atoms with van der Waals surface area (Å²) in [5, 5.41) is 9.92. The van der Waals surface area contributed by atoms with Crippen molar-refractivity contribution >= 4 is 28.9 Å². The highest BCUT2D eigenvalue weighted by Gasteiger charge is 2.26. The van der Waals surface area contributed by atoms with Crippen LogP contribution in [0.2, 0.25) is 4.34 Å². The minimum atomic E-state index is -0.698. The summed E-state index contributed by atoms with van der Waals surface area (Å²) in [6, 6.07) is 0. The highest BCUT2D eigenvalue weighted by molar-refractivity contribution is 7.15. The van der Waals surface area contributed by atoms with Crippen molar-refractivity contribution < 1.29 is 9.90 Å². The van der Waals surface area contributed by atoms with Gasteiger partial charge in [-0.2, -0.15) is 0 Å². The lowest BCUT2D eigenvalue weighted by atomic mass is 9.85. The number of piperidine rings is 1. The largest absolute Gasteiger partial charge is 0.481 e. The van der Waals surface area contributed by atoms with E-state index in [-0.39, 0.29) is 12.3 Å². The van der Waals surface area contributed by atoms with Crippen LogP contribution in [0.1, 0.15) is 31.2 Å². The number of thiazole rings is 1. The van der Waals surface area contributed by atoms with Crippen LogP contribution in [0.15, 0.2) is 6.20 Å². The molecule has 0 saturated carbocycles. The summed E-state index contributed by atoms with van der Waals surface area (Å²) in [5.41, 5.74) is 0. The van der Waals surface area contributed by atoms with Gasteiger partial charge in [0.05, 0.1) is 12.7 Å². The summed E-state index contributed by atoms with van der Waals surface area (Å²) < 4.78 is 0.725. The predicted molar refractivity (Wildman–Crippen MR) is 76.5 cm³/mol. The van der Waals surface area contributed by atoms with Crippen LogP contribution < -0.4 is 0 Å². The Balaban J connectivity index is 1.88. The lowest BCUT2D eigenvalue weighted by molar-refractivity contribution is -0.138. The van der Waals surface area contributed by atoms with E-state index >= 15 is 0 Å². The third-order valence-corrected chi connectivity index (χ3v) is 4.83. The van der Waals surface area contributed by atoms with Crippen molar-refractivity contribution in [2.75, 3.05) is 13.1 Å². The molecule has 4 nitrogen and oxygen atoms in total. The van der Waals surface area contributed by atoms with Crippen molar-refractivity contribution in [1.82, 2.24) is 9.88 Å². The molecular weight excluding hydrogens is 284 g/mol. The van der Waals surface area contributed by atoms with Crippen LogP contribution in [0, 0.1) is 11.8 Å². The van der Waals surface area contributed by atoms with E-state index in [0.717, 1.165) is 41.8 Å². The summed E-state index contributed by atoms with van der Waals surface area (Å²) in [6.45, 7) is 4.90. The van der Waals surface area contributed by atoms with E-state index in [1.165, 1.54) is 11.3 Å². The molecule has 2 heterocycles. The molecular formula is C13H19ClN2O2S. The number of hydrogen-bond acceptors (Lipinski definition) is 4. The molecule has 0 spiro atoms. The number of carbonyl (C=O) groups is 1. The van der Waals surface area contributed by atoms with Gasteiger partial charge >= 0.3 is 5.97 Å². The second-order valence-corrected chi connectivity index (χ2v) is 7.02. The average Bonchev–Trinajstić information content (AvgIpc) is 2.74. The number of nitrogens with zero attached hydrogens (tertiary/aromatic N) is 2. The van der Waals surface area contributed by atoms with E-state index < -0.39 is 5.97 Å². The van der Waals surface area contributed by atoms with Gasteiger partial charge in [-0.25, -0.2) is 4.98 Å². The van der Waals surface area contributed by atoms with E-state index in [9.17, 15) is 4.79 Å². The number of rotatable bonds is 5. The van der Waals surface area contributed by atoms with Crippen LogP contribution in [-0.2, 0) is 11.3 Å². The first-order valence-corrected chi connectivity index (χ1v) is 7.78. The van der Waals surface area contributed by atoms with E-state index in [1.54, 1.807) is 6.20 Å². The number of carboxylic acid groups (broad SMARTS) is 1. The molecule has 0 amide bonds. The zero-order valence-electron chi connectivity index (χ0n) is 11.0. The first-order valence-electron chi connectivity index (χ1n) is 6.59. The normalized spacial score (nSPS) is 22.3. The van der Waals surface area contributed by atoms with Crippen molar-refractivity contribution in [3.05, 3.63) is 15.5 Å². The van der Waals surface area contributed by atoms with E-state index in [1.807, 2.05) is 6.92 Å². The number of aromatic nitrogens is 1. The van der Waals surface area contributed by atoms with Gasteiger partial charge in [-0.15, -0.1) is 11.3 Å². The molecule has 2 rings (SSSR count). The van der Waals surface area contributed by atoms with Crippen LogP contribution in [0.5, 0.6) is 0 Å². The fourth-order valence-corrected chi connectivity index (χ4v) is 3.69. The Bertz CT molecular complexity index is 438. The number of aliphatic carboxylic acids is 1. The van der Waals surface area contributed by atoms with Gasteiger partial charge in [0.2, 0.25) is 0 Å². The lowest BCUT2D eigenvalue weighted by Gasteiger charge is -2.35. The van der Waals surface area contributed by atoms with Crippen LogP contribution in [-0.4, -0.2) is 34.0 Å². The third-order valence-electron chi connectivity index (χ3n) is 3.73. The highest BCUT2D eigenvalue weighted by Crippen LogP contribution is 2.28. The first-order chi connectivity index (χ1) is 9.04. The Labute approximate surface area is 122 Å². The van der Waals surface area contributed by atoms with Gasteiger partial charge in [0, 0.05) is 13.0 Å². The van der Waals surface area contributed by atoms with Gasteiger partial charge in [0.15, 0.2) is 0 Å². The number of carboxylic acids is 1. The zero-order chi connectivity index (χ0) is 13.8.